The van der Waals surface area contributed by atoms with Crippen molar-refractivity contribution in [2.75, 3.05) is 6.54 Å². The zero-order valence-electron chi connectivity index (χ0n) is 14.1. The van der Waals surface area contributed by atoms with Crippen molar-refractivity contribution in [3.8, 4) is 10.7 Å². The molecule has 0 aliphatic carbocycles. The molecule has 0 bridgehead atoms. The van der Waals surface area contributed by atoms with Crippen molar-refractivity contribution >= 4 is 17.2 Å². The summed E-state index contributed by atoms with van der Waals surface area (Å²) >= 11 is 1.56. The average molecular weight is 371 g/mol. The number of nitrogens with zero attached hydrogens (tertiary/aromatic N) is 5. The average Bonchev–Trinajstić information content (AvgIpc) is 3.38. The third-order valence-corrected chi connectivity index (χ3v) is 5.43. The molecule has 0 saturated carbocycles. The summed E-state index contributed by atoms with van der Waals surface area (Å²) in [6.45, 7) is 1.19. The Balaban J connectivity index is 1.43. The van der Waals surface area contributed by atoms with Crippen molar-refractivity contribution in [2.24, 2.45) is 0 Å². The molecule has 0 N–H and O–H groups in total. The van der Waals surface area contributed by atoms with Crippen molar-refractivity contribution in [2.45, 2.75) is 31.8 Å². The number of hydrogen-bond donors (Lipinski definition) is 0. The van der Waals surface area contributed by atoms with Crippen LogP contribution >= 0.6 is 11.3 Å². The van der Waals surface area contributed by atoms with Crippen LogP contribution in [0.25, 0.3) is 10.7 Å². The zero-order valence-corrected chi connectivity index (χ0v) is 14.9. The van der Waals surface area contributed by atoms with Gasteiger partial charge in [-0.2, -0.15) is 4.80 Å². The van der Waals surface area contributed by atoms with Crippen molar-refractivity contribution < 1.29 is 9.18 Å². The molecule has 1 aliphatic heterocycles. The standard InChI is InChI=1S/C18H18FN5OS/c19-15-7-2-1-5-13(15)11-17(25)23-9-3-6-14(23)12-24-21-18(20-22-24)16-8-4-10-26-16/h1-2,4-5,7-8,10,14H,3,6,9,11-12H2/t14-/m0/s1. The number of tetrazole rings is 1. The zero-order chi connectivity index (χ0) is 17.9. The minimum absolute atomic E-state index is 0.0136. The van der Waals surface area contributed by atoms with E-state index in [1.165, 1.54) is 6.07 Å². The van der Waals surface area contributed by atoms with E-state index in [1.807, 2.05) is 22.4 Å². The molecule has 2 aromatic heterocycles. The number of hydrogen-bond acceptors (Lipinski definition) is 5. The van der Waals surface area contributed by atoms with Crippen molar-refractivity contribution in [3.63, 3.8) is 0 Å². The van der Waals surface area contributed by atoms with Gasteiger partial charge in [-0.25, -0.2) is 4.39 Å². The van der Waals surface area contributed by atoms with Crippen LogP contribution in [-0.4, -0.2) is 43.6 Å². The summed E-state index contributed by atoms with van der Waals surface area (Å²) in [6.07, 6.45) is 1.90. The predicted octanol–water partition coefficient (Wildman–Crippen LogP) is 2.77. The van der Waals surface area contributed by atoms with E-state index < -0.39 is 0 Å². The molecule has 4 rings (SSSR count). The minimum Gasteiger partial charge on any atom is -0.337 e. The Bertz CT molecular complexity index is 895. The van der Waals surface area contributed by atoms with Gasteiger partial charge in [0.25, 0.3) is 0 Å². The van der Waals surface area contributed by atoms with Gasteiger partial charge in [-0.15, -0.1) is 21.5 Å². The molecule has 1 aliphatic rings. The highest BCUT2D eigenvalue weighted by Crippen LogP contribution is 2.22. The Morgan fingerprint density at radius 2 is 2.15 bits per heavy atom. The van der Waals surface area contributed by atoms with Gasteiger partial charge in [0.15, 0.2) is 0 Å². The molecule has 26 heavy (non-hydrogen) atoms. The molecular weight excluding hydrogens is 353 g/mol. The molecule has 0 unspecified atom stereocenters. The molecule has 6 nitrogen and oxygen atoms in total. The van der Waals surface area contributed by atoms with Gasteiger partial charge in [-0.05, 0) is 41.1 Å². The van der Waals surface area contributed by atoms with Crippen LogP contribution in [0.4, 0.5) is 4.39 Å². The van der Waals surface area contributed by atoms with Gasteiger partial charge in [0.1, 0.15) is 5.82 Å². The summed E-state index contributed by atoms with van der Waals surface area (Å²) in [5, 5.41) is 14.6. The third kappa shape index (κ3) is 3.50. The van der Waals surface area contributed by atoms with Crippen LogP contribution in [0.1, 0.15) is 18.4 Å². The first kappa shape index (κ1) is 16.8. The fourth-order valence-corrected chi connectivity index (χ4v) is 3.92. The first-order valence-corrected chi connectivity index (χ1v) is 9.43. The fourth-order valence-electron chi connectivity index (χ4n) is 3.27. The molecule has 1 saturated heterocycles. The van der Waals surface area contributed by atoms with E-state index in [-0.39, 0.29) is 24.2 Å². The molecular formula is C18H18FN5OS. The van der Waals surface area contributed by atoms with E-state index in [1.54, 1.807) is 34.3 Å². The summed E-state index contributed by atoms with van der Waals surface area (Å²) < 4.78 is 13.8. The fraction of sp³-hybridized carbons (Fsp3) is 0.333. The number of carbonyl (C=O) groups is 1. The minimum atomic E-state index is -0.338. The molecule has 0 radical (unpaired) electrons. The van der Waals surface area contributed by atoms with E-state index in [9.17, 15) is 9.18 Å². The van der Waals surface area contributed by atoms with E-state index in [4.69, 9.17) is 0 Å². The number of halogens is 1. The van der Waals surface area contributed by atoms with Gasteiger partial charge in [0.2, 0.25) is 11.7 Å². The van der Waals surface area contributed by atoms with Crippen molar-refractivity contribution in [3.05, 3.63) is 53.2 Å². The maximum Gasteiger partial charge on any atom is 0.227 e. The molecule has 8 heteroatoms. The lowest BCUT2D eigenvalue weighted by atomic mass is 10.1. The molecule has 3 aromatic rings. The lowest BCUT2D eigenvalue weighted by Gasteiger charge is -2.24. The summed E-state index contributed by atoms with van der Waals surface area (Å²) in [7, 11) is 0. The number of amides is 1. The summed E-state index contributed by atoms with van der Waals surface area (Å²) in [5.41, 5.74) is 0.432. The van der Waals surface area contributed by atoms with Crippen molar-refractivity contribution in [1.29, 1.82) is 0 Å². The normalized spacial score (nSPS) is 17.0. The second-order valence-corrected chi connectivity index (χ2v) is 7.24. The molecule has 3 heterocycles. The maximum absolute atomic E-state index is 13.8. The maximum atomic E-state index is 13.8. The Hall–Kier alpha value is -2.61. The predicted molar refractivity (Wildman–Crippen MR) is 96.0 cm³/mol. The van der Waals surface area contributed by atoms with Crippen LogP contribution in [0.2, 0.25) is 0 Å². The van der Waals surface area contributed by atoms with Crippen LogP contribution in [-0.2, 0) is 17.8 Å². The molecule has 1 aromatic carbocycles. The number of aromatic nitrogens is 4. The molecule has 0 spiro atoms. The smallest absolute Gasteiger partial charge is 0.227 e. The number of thiophene rings is 1. The van der Waals surface area contributed by atoms with Crippen molar-refractivity contribution in [1.82, 2.24) is 25.1 Å². The highest BCUT2D eigenvalue weighted by atomic mass is 32.1. The van der Waals surface area contributed by atoms with Gasteiger partial charge < -0.3 is 4.90 Å². The molecule has 1 atom stereocenters. The summed E-state index contributed by atoms with van der Waals surface area (Å²) in [5.74, 6) is 0.202. The lowest BCUT2D eigenvalue weighted by Crippen LogP contribution is -2.39. The summed E-state index contributed by atoms with van der Waals surface area (Å²) in [4.78, 5) is 17.0. The Morgan fingerprint density at radius 1 is 1.27 bits per heavy atom. The SMILES string of the molecule is O=C(Cc1ccccc1F)N1CCC[C@H]1Cn1nnc(-c2cccs2)n1. The first-order chi connectivity index (χ1) is 12.7. The summed E-state index contributed by atoms with van der Waals surface area (Å²) in [6, 6.07) is 10.3. The second kappa shape index (κ2) is 7.33. The monoisotopic (exact) mass is 371 g/mol. The highest BCUT2D eigenvalue weighted by Gasteiger charge is 2.30. The van der Waals surface area contributed by atoms with Gasteiger partial charge in [0, 0.05) is 6.54 Å². The third-order valence-electron chi connectivity index (χ3n) is 4.57. The quantitative estimate of drug-likeness (QED) is 0.692. The van der Waals surface area contributed by atoms with Crippen LogP contribution in [0.3, 0.4) is 0 Å². The van der Waals surface area contributed by atoms with E-state index in [2.05, 4.69) is 15.4 Å². The van der Waals surface area contributed by atoms with Gasteiger partial charge in [-0.1, -0.05) is 24.3 Å². The van der Waals surface area contributed by atoms with Crippen LogP contribution in [0.15, 0.2) is 41.8 Å². The van der Waals surface area contributed by atoms with Gasteiger partial charge >= 0.3 is 0 Å². The molecule has 134 valence electrons. The second-order valence-electron chi connectivity index (χ2n) is 6.30. The van der Waals surface area contributed by atoms with Crippen LogP contribution in [0.5, 0.6) is 0 Å². The number of benzene rings is 1. The van der Waals surface area contributed by atoms with E-state index >= 15 is 0 Å². The highest BCUT2D eigenvalue weighted by molar-refractivity contribution is 7.13. The lowest BCUT2D eigenvalue weighted by molar-refractivity contribution is -0.131. The van der Waals surface area contributed by atoms with Gasteiger partial charge in [0.05, 0.1) is 23.9 Å². The molecule has 1 amide bonds. The molecule has 1 fully saturated rings. The van der Waals surface area contributed by atoms with E-state index in [0.717, 1.165) is 17.7 Å². The Labute approximate surface area is 154 Å². The van der Waals surface area contributed by atoms with Crippen LogP contribution < -0.4 is 0 Å². The Kier molecular flexibility index (Phi) is 4.75. The topological polar surface area (TPSA) is 63.9 Å². The number of rotatable bonds is 5. The van der Waals surface area contributed by atoms with Crippen LogP contribution in [0, 0.1) is 5.82 Å². The first-order valence-electron chi connectivity index (χ1n) is 8.55. The van der Waals surface area contributed by atoms with Gasteiger partial charge in [-0.3, -0.25) is 4.79 Å². The number of likely N-dealkylation sites (tertiary alicyclic amines) is 1. The Morgan fingerprint density at radius 3 is 2.96 bits per heavy atom. The number of carbonyl (C=O) groups excluding carboxylic acids is 1. The largest absolute Gasteiger partial charge is 0.337 e. The van der Waals surface area contributed by atoms with E-state index in [0.29, 0.717) is 24.5 Å².